The van der Waals surface area contributed by atoms with E-state index in [4.69, 9.17) is 4.42 Å². The quantitative estimate of drug-likeness (QED) is 0.708. The summed E-state index contributed by atoms with van der Waals surface area (Å²) in [4.78, 5) is 38.7. The SMILES string of the molecule is CNC(=O)c1c(NC(=O)c2cc(=O)c3ccccc3o2)sc2c1CC[C@@H](C)C2. The molecule has 0 fully saturated rings. The maximum Gasteiger partial charge on any atom is 0.292 e. The third kappa shape index (κ3) is 3.22. The number of hydrogen-bond donors (Lipinski definition) is 2. The van der Waals surface area contributed by atoms with E-state index in [1.807, 2.05) is 0 Å². The molecule has 0 saturated carbocycles. The van der Waals surface area contributed by atoms with Crippen molar-refractivity contribution >= 4 is 39.1 Å². The van der Waals surface area contributed by atoms with Gasteiger partial charge in [-0.05, 0) is 42.9 Å². The highest BCUT2D eigenvalue weighted by molar-refractivity contribution is 7.17. The number of para-hydroxylation sites is 1. The topological polar surface area (TPSA) is 88.4 Å². The second-order valence-corrected chi connectivity index (χ2v) is 8.17. The number of nitrogens with one attached hydrogen (secondary N) is 2. The molecule has 28 heavy (non-hydrogen) atoms. The van der Waals surface area contributed by atoms with Gasteiger partial charge >= 0.3 is 0 Å². The minimum Gasteiger partial charge on any atom is -0.451 e. The summed E-state index contributed by atoms with van der Waals surface area (Å²) in [6.07, 6.45) is 2.72. The average Bonchev–Trinajstić information content (AvgIpc) is 3.04. The van der Waals surface area contributed by atoms with Gasteiger partial charge in [-0.15, -0.1) is 11.3 Å². The summed E-state index contributed by atoms with van der Waals surface area (Å²) >= 11 is 1.43. The Labute approximate surface area is 165 Å². The predicted molar refractivity (Wildman–Crippen MR) is 109 cm³/mol. The molecule has 1 aromatic carbocycles. The highest BCUT2D eigenvalue weighted by Gasteiger charge is 2.28. The lowest BCUT2D eigenvalue weighted by Crippen LogP contribution is -2.23. The fourth-order valence-electron chi connectivity index (χ4n) is 3.58. The summed E-state index contributed by atoms with van der Waals surface area (Å²) in [7, 11) is 1.58. The first kappa shape index (κ1) is 18.4. The molecule has 2 amide bonds. The summed E-state index contributed by atoms with van der Waals surface area (Å²) < 4.78 is 5.61. The predicted octanol–water partition coefficient (Wildman–Crippen LogP) is 3.59. The lowest BCUT2D eigenvalue weighted by Gasteiger charge is -2.18. The highest BCUT2D eigenvalue weighted by Crippen LogP contribution is 2.39. The van der Waals surface area contributed by atoms with E-state index in [-0.39, 0.29) is 17.1 Å². The Balaban J connectivity index is 1.72. The normalized spacial score (nSPS) is 15.9. The molecule has 0 saturated heterocycles. The molecule has 4 rings (SSSR count). The Morgan fingerprint density at radius 3 is 2.79 bits per heavy atom. The Morgan fingerprint density at radius 2 is 2.00 bits per heavy atom. The number of hydrogen-bond acceptors (Lipinski definition) is 5. The number of fused-ring (bicyclic) bond motifs is 2. The van der Waals surface area contributed by atoms with Gasteiger partial charge in [0.1, 0.15) is 10.6 Å². The van der Waals surface area contributed by atoms with E-state index in [1.54, 1.807) is 31.3 Å². The molecule has 0 radical (unpaired) electrons. The van der Waals surface area contributed by atoms with E-state index in [0.717, 1.165) is 29.7 Å². The molecular weight excluding hydrogens is 376 g/mol. The van der Waals surface area contributed by atoms with Crippen LogP contribution in [-0.2, 0) is 12.8 Å². The Hall–Kier alpha value is -2.93. The van der Waals surface area contributed by atoms with Crippen molar-refractivity contribution in [2.24, 2.45) is 5.92 Å². The summed E-state index contributed by atoms with van der Waals surface area (Å²) in [5, 5.41) is 6.37. The van der Waals surface area contributed by atoms with Crippen LogP contribution in [0, 0.1) is 5.92 Å². The maximum atomic E-state index is 12.8. The standard InChI is InChI=1S/C21H20N2O4S/c1-11-7-8-13-17(9-11)28-21(18(13)20(26)22-2)23-19(25)16-10-14(24)12-5-3-4-6-15(12)27-16/h3-6,10-11H,7-9H2,1-2H3,(H,22,26)(H,23,25)/t11-/m1/s1. The van der Waals surface area contributed by atoms with Gasteiger partial charge in [0, 0.05) is 18.0 Å². The van der Waals surface area contributed by atoms with Gasteiger partial charge in [0.15, 0.2) is 11.2 Å². The number of benzene rings is 1. The summed E-state index contributed by atoms with van der Waals surface area (Å²) in [5.41, 5.74) is 1.60. The zero-order valence-electron chi connectivity index (χ0n) is 15.6. The number of anilines is 1. The van der Waals surface area contributed by atoms with Crippen LogP contribution in [0.1, 0.15) is 44.7 Å². The number of carbonyl (C=O) groups is 2. The second kappa shape index (κ2) is 7.24. The van der Waals surface area contributed by atoms with Crippen LogP contribution in [0.5, 0.6) is 0 Å². The average molecular weight is 396 g/mol. The maximum absolute atomic E-state index is 12.8. The lowest BCUT2D eigenvalue weighted by molar-refractivity contribution is 0.0963. The Bertz CT molecular complexity index is 1150. The Kier molecular flexibility index (Phi) is 4.77. The van der Waals surface area contributed by atoms with Crippen LogP contribution in [0.2, 0.25) is 0 Å². The minimum absolute atomic E-state index is 0.0775. The van der Waals surface area contributed by atoms with E-state index in [1.165, 1.54) is 17.4 Å². The molecule has 1 aliphatic carbocycles. The third-order valence-electron chi connectivity index (χ3n) is 5.05. The van der Waals surface area contributed by atoms with E-state index >= 15 is 0 Å². The van der Waals surface area contributed by atoms with Crippen molar-refractivity contribution < 1.29 is 14.0 Å². The summed E-state index contributed by atoms with van der Waals surface area (Å²) in [5.74, 6) is -0.293. The van der Waals surface area contributed by atoms with Gasteiger partial charge in [-0.3, -0.25) is 14.4 Å². The van der Waals surface area contributed by atoms with E-state index < -0.39 is 5.91 Å². The van der Waals surface area contributed by atoms with Gasteiger partial charge in [-0.2, -0.15) is 0 Å². The van der Waals surface area contributed by atoms with Crippen molar-refractivity contribution in [3.05, 3.63) is 62.3 Å². The monoisotopic (exact) mass is 396 g/mol. The number of rotatable bonds is 3. The van der Waals surface area contributed by atoms with Gasteiger partial charge < -0.3 is 15.1 Å². The second-order valence-electron chi connectivity index (χ2n) is 7.06. The van der Waals surface area contributed by atoms with E-state index in [0.29, 0.717) is 27.5 Å². The smallest absolute Gasteiger partial charge is 0.292 e. The fourth-order valence-corrected chi connectivity index (χ4v) is 4.99. The number of amides is 2. The molecule has 0 bridgehead atoms. The van der Waals surface area contributed by atoms with Crippen molar-refractivity contribution in [3.63, 3.8) is 0 Å². The molecule has 2 heterocycles. The van der Waals surface area contributed by atoms with Crippen molar-refractivity contribution in [3.8, 4) is 0 Å². The zero-order chi connectivity index (χ0) is 19.8. The van der Waals surface area contributed by atoms with Crippen molar-refractivity contribution in [2.45, 2.75) is 26.2 Å². The van der Waals surface area contributed by atoms with Crippen LogP contribution >= 0.6 is 11.3 Å². The van der Waals surface area contributed by atoms with Gasteiger partial charge in [0.2, 0.25) is 0 Å². The molecule has 2 aromatic heterocycles. The fraction of sp³-hybridized carbons (Fsp3) is 0.286. The van der Waals surface area contributed by atoms with Crippen LogP contribution < -0.4 is 16.1 Å². The molecule has 3 aromatic rings. The molecule has 0 unspecified atom stereocenters. The van der Waals surface area contributed by atoms with Crippen LogP contribution in [0.25, 0.3) is 11.0 Å². The first-order chi connectivity index (χ1) is 13.5. The first-order valence-corrected chi connectivity index (χ1v) is 10.0. The van der Waals surface area contributed by atoms with E-state index in [2.05, 4.69) is 17.6 Å². The van der Waals surface area contributed by atoms with Gasteiger partial charge in [-0.1, -0.05) is 19.1 Å². The first-order valence-electron chi connectivity index (χ1n) is 9.18. The number of carbonyl (C=O) groups excluding carboxylic acids is 2. The van der Waals surface area contributed by atoms with Gasteiger partial charge in [-0.25, -0.2) is 0 Å². The molecule has 2 N–H and O–H groups in total. The van der Waals surface area contributed by atoms with Crippen molar-refractivity contribution in [1.29, 1.82) is 0 Å². The lowest BCUT2D eigenvalue weighted by atomic mass is 9.88. The summed E-state index contributed by atoms with van der Waals surface area (Å²) in [6, 6.07) is 7.97. The number of thiophene rings is 1. The Morgan fingerprint density at radius 1 is 1.21 bits per heavy atom. The largest absolute Gasteiger partial charge is 0.451 e. The van der Waals surface area contributed by atoms with Gasteiger partial charge in [0.05, 0.1) is 10.9 Å². The van der Waals surface area contributed by atoms with Crippen LogP contribution in [0.3, 0.4) is 0 Å². The molecule has 6 nitrogen and oxygen atoms in total. The molecule has 1 aliphatic rings. The molecule has 0 aliphatic heterocycles. The zero-order valence-corrected chi connectivity index (χ0v) is 16.4. The van der Waals surface area contributed by atoms with Crippen LogP contribution in [-0.4, -0.2) is 18.9 Å². The summed E-state index contributed by atoms with van der Waals surface area (Å²) in [6.45, 7) is 2.18. The van der Waals surface area contributed by atoms with Gasteiger partial charge in [0.25, 0.3) is 11.8 Å². The molecule has 144 valence electrons. The highest BCUT2D eigenvalue weighted by atomic mass is 32.1. The third-order valence-corrected chi connectivity index (χ3v) is 6.22. The van der Waals surface area contributed by atoms with Crippen LogP contribution in [0.4, 0.5) is 5.00 Å². The molecular formula is C21H20N2O4S. The van der Waals surface area contributed by atoms with E-state index in [9.17, 15) is 14.4 Å². The van der Waals surface area contributed by atoms with Crippen molar-refractivity contribution in [2.75, 3.05) is 12.4 Å². The molecule has 7 heteroatoms. The molecule has 1 atom stereocenters. The molecule has 0 spiro atoms. The van der Waals surface area contributed by atoms with Crippen LogP contribution in [0.15, 0.2) is 39.5 Å². The minimum atomic E-state index is -0.542. The van der Waals surface area contributed by atoms with Crippen molar-refractivity contribution in [1.82, 2.24) is 5.32 Å².